The minimum Gasteiger partial charge on any atom is -0.465 e. The van der Waals surface area contributed by atoms with Crippen LogP contribution < -0.4 is 0 Å². The summed E-state index contributed by atoms with van der Waals surface area (Å²) in [5.41, 5.74) is 1.12. The van der Waals surface area contributed by atoms with Gasteiger partial charge in [0.2, 0.25) is 5.91 Å². The topological polar surface area (TPSA) is 46.6 Å². The van der Waals surface area contributed by atoms with E-state index in [9.17, 15) is 9.59 Å². The highest BCUT2D eigenvalue weighted by atomic mass is 32.1. The summed E-state index contributed by atoms with van der Waals surface area (Å²) in [5.74, 6) is -0.644. The van der Waals surface area contributed by atoms with Crippen LogP contribution in [-0.4, -0.2) is 36.5 Å². The summed E-state index contributed by atoms with van der Waals surface area (Å²) < 4.78 is 4.85. The second-order valence-electron chi connectivity index (χ2n) is 4.11. The van der Waals surface area contributed by atoms with Crippen molar-refractivity contribution in [3.63, 3.8) is 0 Å². The maximum absolute atomic E-state index is 12.1. The van der Waals surface area contributed by atoms with Crippen molar-refractivity contribution in [2.24, 2.45) is 0 Å². The SMILES string of the molecule is C=CCN(CC(=O)OCC)C(=O)/C=C/c1sccc1C. The maximum atomic E-state index is 12.1. The lowest BCUT2D eigenvalue weighted by Gasteiger charge is -2.18. The van der Waals surface area contributed by atoms with Crippen molar-refractivity contribution in [3.8, 4) is 0 Å². The summed E-state index contributed by atoms with van der Waals surface area (Å²) >= 11 is 1.57. The van der Waals surface area contributed by atoms with Gasteiger partial charge in [-0.25, -0.2) is 0 Å². The number of amides is 1. The second kappa shape index (κ2) is 8.32. The molecule has 0 bridgehead atoms. The van der Waals surface area contributed by atoms with Gasteiger partial charge in [-0.15, -0.1) is 17.9 Å². The van der Waals surface area contributed by atoms with Crippen LogP contribution in [0.5, 0.6) is 0 Å². The highest BCUT2D eigenvalue weighted by molar-refractivity contribution is 7.11. The Morgan fingerprint density at radius 2 is 2.25 bits per heavy atom. The summed E-state index contributed by atoms with van der Waals surface area (Å²) in [6.45, 7) is 7.86. The van der Waals surface area contributed by atoms with Crippen molar-refractivity contribution >= 4 is 29.3 Å². The van der Waals surface area contributed by atoms with Crippen molar-refractivity contribution in [1.82, 2.24) is 4.90 Å². The maximum Gasteiger partial charge on any atom is 0.325 e. The molecule has 0 aliphatic rings. The standard InChI is InChI=1S/C15H19NO3S/c1-4-9-16(11-15(18)19-5-2)14(17)7-6-13-12(3)8-10-20-13/h4,6-8,10H,1,5,9,11H2,2-3H3/b7-6+. The lowest BCUT2D eigenvalue weighted by molar-refractivity contribution is -0.147. The minimum atomic E-state index is -0.414. The van der Waals surface area contributed by atoms with Crippen molar-refractivity contribution in [3.05, 3.63) is 40.6 Å². The first-order valence-corrected chi connectivity index (χ1v) is 7.24. The van der Waals surface area contributed by atoms with Gasteiger partial charge < -0.3 is 9.64 Å². The molecule has 0 N–H and O–H groups in total. The first kappa shape index (κ1) is 16.2. The summed E-state index contributed by atoms with van der Waals surface area (Å²) in [7, 11) is 0. The zero-order chi connectivity index (χ0) is 15.0. The summed E-state index contributed by atoms with van der Waals surface area (Å²) in [6.07, 6.45) is 4.83. The van der Waals surface area contributed by atoms with E-state index in [0.717, 1.165) is 10.4 Å². The molecule has 0 aliphatic carbocycles. The quantitative estimate of drug-likeness (QED) is 0.441. The zero-order valence-electron chi connectivity index (χ0n) is 11.8. The molecule has 0 saturated heterocycles. The minimum absolute atomic E-state index is 0.0630. The van der Waals surface area contributed by atoms with Crippen LogP contribution >= 0.6 is 11.3 Å². The molecule has 0 aromatic carbocycles. The molecule has 0 radical (unpaired) electrons. The predicted molar refractivity (Wildman–Crippen MR) is 81.5 cm³/mol. The molecule has 0 aliphatic heterocycles. The third kappa shape index (κ3) is 5.01. The van der Waals surface area contributed by atoms with E-state index in [1.165, 1.54) is 11.0 Å². The van der Waals surface area contributed by atoms with Crippen LogP contribution in [0.4, 0.5) is 0 Å². The van der Waals surface area contributed by atoms with E-state index in [1.807, 2.05) is 18.4 Å². The molecule has 5 heteroatoms. The van der Waals surface area contributed by atoms with E-state index in [1.54, 1.807) is 30.4 Å². The third-order valence-electron chi connectivity index (χ3n) is 2.57. The Balaban J connectivity index is 2.68. The van der Waals surface area contributed by atoms with E-state index in [-0.39, 0.29) is 12.5 Å². The number of rotatable bonds is 7. The molecular weight excluding hydrogens is 274 g/mol. The molecular formula is C15H19NO3S. The van der Waals surface area contributed by atoms with E-state index in [4.69, 9.17) is 4.74 Å². The van der Waals surface area contributed by atoms with Crippen LogP contribution in [0.25, 0.3) is 6.08 Å². The number of nitrogens with zero attached hydrogens (tertiary/aromatic N) is 1. The molecule has 0 unspecified atom stereocenters. The van der Waals surface area contributed by atoms with Gasteiger partial charge in [0.15, 0.2) is 0 Å². The molecule has 1 amide bonds. The number of esters is 1. The average Bonchev–Trinajstić information content (AvgIpc) is 2.81. The van der Waals surface area contributed by atoms with Gasteiger partial charge >= 0.3 is 5.97 Å². The van der Waals surface area contributed by atoms with Gasteiger partial charge in [-0.3, -0.25) is 9.59 Å². The molecule has 0 fully saturated rings. The number of thiophene rings is 1. The van der Waals surface area contributed by atoms with Crippen LogP contribution in [-0.2, 0) is 14.3 Å². The molecule has 1 rings (SSSR count). The fourth-order valence-electron chi connectivity index (χ4n) is 1.56. The van der Waals surface area contributed by atoms with Gasteiger partial charge in [-0.1, -0.05) is 6.08 Å². The Morgan fingerprint density at radius 3 is 2.80 bits per heavy atom. The van der Waals surface area contributed by atoms with Gasteiger partial charge in [0.25, 0.3) is 0 Å². The Labute approximate surface area is 123 Å². The van der Waals surface area contributed by atoms with Gasteiger partial charge in [0.05, 0.1) is 6.61 Å². The fourth-order valence-corrected chi connectivity index (χ4v) is 2.38. The number of carbonyl (C=O) groups is 2. The normalized spacial score (nSPS) is 10.5. The Kier molecular flexibility index (Phi) is 6.73. The average molecular weight is 293 g/mol. The molecule has 1 aromatic heterocycles. The van der Waals surface area contributed by atoms with Crippen LogP contribution in [0.2, 0.25) is 0 Å². The predicted octanol–water partition coefficient (Wildman–Crippen LogP) is 2.65. The Morgan fingerprint density at radius 1 is 1.50 bits per heavy atom. The highest BCUT2D eigenvalue weighted by Gasteiger charge is 2.14. The Hall–Kier alpha value is -1.88. The van der Waals surface area contributed by atoms with Gasteiger partial charge in [0.1, 0.15) is 6.54 Å². The Bertz CT molecular complexity index is 505. The lowest BCUT2D eigenvalue weighted by atomic mass is 10.2. The first-order valence-electron chi connectivity index (χ1n) is 6.36. The van der Waals surface area contributed by atoms with E-state index in [2.05, 4.69) is 6.58 Å². The van der Waals surface area contributed by atoms with E-state index in [0.29, 0.717) is 13.2 Å². The van der Waals surface area contributed by atoms with Crippen molar-refractivity contribution in [2.75, 3.05) is 19.7 Å². The summed E-state index contributed by atoms with van der Waals surface area (Å²) in [5, 5.41) is 1.97. The van der Waals surface area contributed by atoms with Gasteiger partial charge in [0, 0.05) is 17.5 Å². The van der Waals surface area contributed by atoms with Crippen LogP contribution in [0.1, 0.15) is 17.4 Å². The van der Waals surface area contributed by atoms with Crippen molar-refractivity contribution < 1.29 is 14.3 Å². The zero-order valence-corrected chi connectivity index (χ0v) is 12.6. The second-order valence-corrected chi connectivity index (χ2v) is 5.06. The van der Waals surface area contributed by atoms with Crippen molar-refractivity contribution in [2.45, 2.75) is 13.8 Å². The molecule has 1 aromatic rings. The summed E-state index contributed by atoms with van der Waals surface area (Å²) in [6, 6.07) is 1.99. The number of carbonyl (C=O) groups excluding carboxylic acids is 2. The largest absolute Gasteiger partial charge is 0.465 e. The van der Waals surface area contributed by atoms with Gasteiger partial charge in [-0.05, 0) is 36.9 Å². The highest BCUT2D eigenvalue weighted by Crippen LogP contribution is 2.17. The number of hydrogen-bond acceptors (Lipinski definition) is 4. The van der Waals surface area contributed by atoms with E-state index < -0.39 is 5.97 Å². The molecule has 0 saturated carbocycles. The smallest absolute Gasteiger partial charge is 0.325 e. The molecule has 108 valence electrons. The first-order chi connectivity index (χ1) is 9.58. The van der Waals surface area contributed by atoms with Gasteiger partial charge in [-0.2, -0.15) is 0 Å². The van der Waals surface area contributed by atoms with Crippen LogP contribution in [0.3, 0.4) is 0 Å². The molecule has 1 heterocycles. The summed E-state index contributed by atoms with van der Waals surface area (Å²) in [4.78, 5) is 25.9. The third-order valence-corrected chi connectivity index (χ3v) is 3.55. The molecule has 0 atom stereocenters. The molecule has 4 nitrogen and oxygen atoms in total. The monoisotopic (exact) mass is 293 g/mol. The van der Waals surface area contributed by atoms with Crippen LogP contribution in [0.15, 0.2) is 30.2 Å². The number of hydrogen-bond donors (Lipinski definition) is 0. The number of ether oxygens (including phenoxy) is 1. The van der Waals surface area contributed by atoms with Crippen molar-refractivity contribution in [1.29, 1.82) is 0 Å². The fraction of sp³-hybridized carbons (Fsp3) is 0.333. The lowest BCUT2D eigenvalue weighted by Crippen LogP contribution is -2.35. The van der Waals surface area contributed by atoms with E-state index >= 15 is 0 Å². The van der Waals surface area contributed by atoms with Crippen LogP contribution in [0, 0.1) is 6.92 Å². The molecule has 0 spiro atoms. The molecule has 20 heavy (non-hydrogen) atoms. The number of aryl methyl sites for hydroxylation is 1.